The molecule has 0 aliphatic heterocycles. The molecule has 0 aliphatic rings. The van der Waals surface area contributed by atoms with E-state index in [1.54, 1.807) is 13.8 Å². The van der Waals surface area contributed by atoms with E-state index in [0.717, 1.165) is 18.2 Å². The van der Waals surface area contributed by atoms with Crippen molar-refractivity contribution in [2.75, 3.05) is 26.9 Å². The van der Waals surface area contributed by atoms with E-state index in [-0.39, 0.29) is 37.1 Å². The summed E-state index contributed by atoms with van der Waals surface area (Å²) < 4.78 is 13.2. The Balaban J connectivity index is -0.000000187. The number of carboxylic acid groups (broad SMARTS) is 2. The number of ether oxygens (including phenoxy) is 3. The Morgan fingerprint density at radius 3 is 1.67 bits per heavy atom. The Morgan fingerprint density at radius 2 is 1.42 bits per heavy atom. The van der Waals surface area contributed by atoms with E-state index in [4.69, 9.17) is 15.3 Å². The van der Waals surface area contributed by atoms with E-state index in [0.29, 0.717) is 12.2 Å². The minimum atomic E-state index is -1.08. The molecule has 0 bridgehead atoms. The zero-order chi connectivity index (χ0) is 26.8. The van der Waals surface area contributed by atoms with Gasteiger partial charge in [0.25, 0.3) is 0 Å². The van der Waals surface area contributed by atoms with E-state index in [1.807, 2.05) is 0 Å². The minimum absolute atomic E-state index is 0.0828. The van der Waals surface area contributed by atoms with Crippen LogP contribution in [0.1, 0.15) is 20.3 Å². The van der Waals surface area contributed by atoms with E-state index in [2.05, 4.69) is 40.5 Å². The van der Waals surface area contributed by atoms with Gasteiger partial charge in [-0.1, -0.05) is 32.4 Å². The third-order valence-electron chi connectivity index (χ3n) is 2.40. The standard InChI is InChI=1S/C9H12O5.2C5H8O2.C3H4O2/c1-7(3-2-4-8(11)12)9(13)14-6-5-10;1-4(2)5(6)7-3;1-3-5(6)7-4-2;1-2-3(4)5/h2,4,10H,1,3,5-6H2,(H,11,12);1H2,2-3H3;3H,1,4H2,2H3;2H,1H2,(H,4,5). The molecule has 11 heteroatoms. The summed E-state index contributed by atoms with van der Waals surface area (Å²) in [5.74, 6) is -3.40. The Kier molecular flexibility index (Phi) is 28.7. The Morgan fingerprint density at radius 1 is 0.909 bits per heavy atom. The molecule has 0 saturated heterocycles. The highest BCUT2D eigenvalue weighted by molar-refractivity contribution is 5.88. The van der Waals surface area contributed by atoms with Crippen LogP contribution in [0.3, 0.4) is 0 Å². The quantitative estimate of drug-likeness (QED) is 0.240. The lowest BCUT2D eigenvalue weighted by molar-refractivity contribution is -0.140. The van der Waals surface area contributed by atoms with E-state index in [1.165, 1.54) is 13.2 Å². The van der Waals surface area contributed by atoms with E-state index < -0.39 is 17.9 Å². The van der Waals surface area contributed by atoms with Gasteiger partial charge >= 0.3 is 29.8 Å². The van der Waals surface area contributed by atoms with Gasteiger partial charge in [-0.2, -0.15) is 0 Å². The monoisotopic (exact) mass is 472 g/mol. The summed E-state index contributed by atoms with van der Waals surface area (Å²) in [6.07, 6.45) is 4.31. The maximum atomic E-state index is 11.0. The molecule has 11 nitrogen and oxygen atoms in total. The first-order valence-corrected chi connectivity index (χ1v) is 9.07. The molecule has 0 heterocycles. The molecule has 0 aromatic heterocycles. The van der Waals surface area contributed by atoms with Gasteiger partial charge in [0.05, 0.1) is 20.3 Å². The normalized spacial score (nSPS) is 8.48. The summed E-state index contributed by atoms with van der Waals surface area (Å²) in [6, 6.07) is 0. The molecular formula is C22H32O11. The van der Waals surface area contributed by atoms with Crippen LogP contribution >= 0.6 is 0 Å². The summed E-state index contributed by atoms with van der Waals surface area (Å²) in [5, 5.41) is 24.2. The van der Waals surface area contributed by atoms with Gasteiger partial charge in [0.1, 0.15) is 6.61 Å². The number of allylic oxidation sites excluding steroid dienone is 1. The topological polar surface area (TPSA) is 174 Å². The molecular weight excluding hydrogens is 440 g/mol. The predicted octanol–water partition coefficient (Wildman–Crippen LogP) is 1.84. The molecule has 186 valence electrons. The number of rotatable bonds is 10. The minimum Gasteiger partial charge on any atom is -0.478 e. The van der Waals surface area contributed by atoms with E-state index >= 15 is 0 Å². The van der Waals surface area contributed by atoms with Crippen LogP contribution in [0.2, 0.25) is 0 Å². The molecule has 0 aliphatic carbocycles. The van der Waals surface area contributed by atoms with Crippen molar-refractivity contribution in [1.82, 2.24) is 0 Å². The number of carbonyl (C=O) groups is 5. The molecule has 0 aromatic rings. The third-order valence-corrected chi connectivity index (χ3v) is 2.40. The molecule has 0 fully saturated rings. The second kappa shape index (κ2) is 26.0. The van der Waals surface area contributed by atoms with Crippen molar-refractivity contribution in [1.29, 1.82) is 0 Å². The Bertz CT molecular complexity index is 701. The largest absolute Gasteiger partial charge is 0.478 e. The van der Waals surface area contributed by atoms with Gasteiger partial charge in [0.15, 0.2) is 0 Å². The zero-order valence-corrected chi connectivity index (χ0v) is 19.1. The predicted molar refractivity (Wildman–Crippen MR) is 120 cm³/mol. The van der Waals surface area contributed by atoms with Gasteiger partial charge in [-0.15, -0.1) is 0 Å². The molecule has 33 heavy (non-hydrogen) atoms. The van der Waals surface area contributed by atoms with Crippen molar-refractivity contribution >= 4 is 29.8 Å². The number of carboxylic acids is 2. The maximum Gasteiger partial charge on any atom is 0.333 e. The van der Waals surface area contributed by atoms with Crippen molar-refractivity contribution in [3.8, 4) is 0 Å². The summed E-state index contributed by atoms with van der Waals surface area (Å²) in [4.78, 5) is 50.5. The highest BCUT2D eigenvalue weighted by Gasteiger charge is 2.05. The van der Waals surface area contributed by atoms with Crippen LogP contribution in [-0.4, -0.2) is 72.1 Å². The fraction of sp³-hybridized carbons (Fsp3) is 0.318. The van der Waals surface area contributed by atoms with Crippen LogP contribution in [0.15, 0.2) is 61.8 Å². The summed E-state index contributed by atoms with van der Waals surface area (Å²) in [6.45, 7) is 16.4. The van der Waals surface area contributed by atoms with Gasteiger partial charge in [0, 0.05) is 29.4 Å². The molecule has 0 spiro atoms. The second-order valence-corrected chi connectivity index (χ2v) is 5.18. The smallest absolute Gasteiger partial charge is 0.333 e. The van der Waals surface area contributed by atoms with Gasteiger partial charge in [-0.05, 0) is 20.3 Å². The zero-order valence-electron chi connectivity index (χ0n) is 19.1. The first-order chi connectivity index (χ1) is 15.3. The number of aliphatic carboxylic acids is 2. The number of esters is 3. The molecule has 0 rings (SSSR count). The van der Waals surface area contributed by atoms with E-state index in [9.17, 15) is 24.0 Å². The molecule has 0 saturated carbocycles. The molecule has 0 aromatic carbocycles. The number of aliphatic hydroxyl groups excluding tert-OH is 1. The van der Waals surface area contributed by atoms with Gasteiger partial charge in [-0.3, -0.25) is 0 Å². The van der Waals surface area contributed by atoms with Gasteiger partial charge in [-0.25, -0.2) is 24.0 Å². The molecule has 3 N–H and O–H groups in total. The van der Waals surface area contributed by atoms with Gasteiger partial charge < -0.3 is 29.5 Å². The van der Waals surface area contributed by atoms with Crippen LogP contribution in [-0.2, 0) is 38.2 Å². The van der Waals surface area contributed by atoms with Crippen molar-refractivity contribution < 1.29 is 53.5 Å². The average molecular weight is 472 g/mol. The van der Waals surface area contributed by atoms with Gasteiger partial charge in [0.2, 0.25) is 0 Å². The number of methoxy groups -OCH3 is 1. The fourth-order valence-electron chi connectivity index (χ4n) is 1.00. The Hall–Kier alpha value is -3.99. The van der Waals surface area contributed by atoms with Crippen molar-refractivity contribution in [3.63, 3.8) is 0 Å². The molecule has 0 atom stereocenters. The third kappa shape index (κ3) is 35.8. The molecule has 0 radical (unpaired) electrons. The van der Waals surface area contributed by atoms with Crippen molar-refractivity contribution in [2.45, 2.75) is 20.3 Å². The highest BCUT2D eigenvalue weighted by atomic mass is 16.5. The van der Waals surface area contributed by atoms with Crippen molar-refractivity contribution in [2.24, 2.45) is 0 Å². The maximum absolute atomic E-state index is 11.0. The fourth-order valence-corrected chi connectivity index (χ4v) is 1.00. The van der Waals surface area contributed by atoms with Crippen LogP contribution in [0.5, 0.6) is 0 Å². The van der Waals surface area contributed by atoms with Crippen molar-refractivity contribution in [3.05, 3.63) is 61.8 Å². The lowest BCUT2D eigenvalue weighted by atomic mass is 10.2. The molecule has 0 unspecified atom stereocenters. The number of carbonyl (C=O) groups excluding carboxylic acids is 3. The lowest BCUT2D eigenvalue weighted by Gasteiger charge is -2.02. The molecule has 0 amide bonds. The number of hydrogen-bond donors (Lipinski definition) is 3. The lowest BCUT2D eigenvalue weighted by Crippen LogP contribution is -2.09. The SMILES string of the molecule is C=C(C)C(=O)OC.C=C(CC=CC(=O)O)C(=O)OCCO.C=CC(=O)O.C=CC(=O)OCC. The van der Waals surface area contributed by atoms with Crippen LogP contribution < -0.4 is 0 Å². The first-order valence-electron chi connectivity index (χ1n) is 9.07. The van der Waals surface area contributed by atoms with Crippen LogP contribution in [0.25, 0.3) is 0 Å². The first kappa shape index (κ1) is 36.4. The summed E-state index contributed by atoms with van der Waals surface area (Å²) >= 11 is 0. The summed E-state index contributed by atoms with van der Waals surface area (Å²) in [5.41, 5.74) is 0.582. The summed E-state index contributed by atoms with van der Waals surface area (Å²) in [7, 11) is 1.33. The highest BCUT2D eigenvalue weighted by Crippen LogP contribution is 2.01. The number of hydrogen-bond acceptors (Lipinski definition) is 9. The Labute approximate surface area is 193 Å². The van der Waals surface area contributed by atoms with Crippen LogP contribution in [0.4, 0.5) is 0 Å². The van der Waals surface area contributed by atoms with Crippen LogP contribution in [0, 0.1) is 0 Å². The average Bonchev–Trinajstić information content (AvgIpc) is 2.77. The number of aliphatic hydroxyl groups is 1. The second-order valence-electron chi connectivity index (χ2n) is 5.18.